The van der Waals surface area contributed by atoms with Crippen LogP contribution in [0.25, 0.3) is 11.5 Å². The van der Waals surface area contributed by atoms with Gasteiger partial charge in [0.2, 0.25) is 0 Å². The van der Waals surface area contributed by atoms with Gasteiger partial charge in [0.25, 0.3) is 15.9 Å². The molecular weight excluding hydrogens is 378 g/mol. The summed E-state index contributed by atoms with van der Waals surface area (Å²) in [5, 5.41) is 3.94. The van der Waals surface area contributed by atoms with E-state index in [0.29, 0.717) is 22.8 Å². The largest absolute Gasteiger partial charge is 0.496 e. The number of ether oxygens (including phenoxy) is 1. The quantitative estimate of drug-likeness (QED) is 0.662. The van der Waals surface area contributed by atoms with E-state index in [4.69, 9.17) is 9.26 Å². The Balaban J connectivity index is 2.03. The first-order valence-electron chi connectivity index (χ1n) is 8.84. The molecule has 3 rings (SSSR count). The Hall–Kier alpha value is -2.87. The maximum absolute atomic E-state index is 12.9. The number of nitrogens with zero attached hydrogens (tertiary/aromatic N) is 2. The van der Waals surface area contributed by atoms with E-state index in [2.05, 4.69) is 14.9 Å². The van der Waals surface area contributed by atoms with E-state index in [9.17, 15) is 8.42 Å². The highest BCUT2D eigenvalue weighted by Gasteiger charge is 2.21. The van der Waals surface area contributed by atoms with E-state index < -0.39 is 10.0 Å². The van der Waals surface area contributed by atoms with E-state index >= 15 is 0 Å². The van der Waals surface area contributed by atoms with Crippen LogP contribution in [0.3, 0.4) is 0 Å². The van der Waals surface area contributed by atoms with Crippen molar-refractivity contribution in [3.63, 3.8) is 0 Å². The average molecular weight is 401 g/mol. The van der Waals surface area contributed by atoms with Gasteiger partial charge in [0, 0.05) is 5.92 Å². The third-order valence-electron chi connectivity index (χ3n) is 4.52. The Morgan fingerprint density at radius 3 is 2.54 bits per heavy atom. The van der Waals surface area contributed by atoms with Crippen LogP contribution >= 0.6 is 0 Å². The SMILES string of the molecule is COc1ccc(S(=O)(=O)Nc2cccc(C)c2C)cc1-c1nc(C(C)C)no1. The summed E-state index contributed by atoms with van der Waals surface area (Å²) < 4.78 is 39.2. The molecule has 0 spiro atoms. The molecule has 0 saturated heterocycles. The van der Waals surface area contributed by atoms with E-state index in [1.165, 1.54) is 19.2 Å². The first kappa shape index (κ1) is 19.9. The lowest BCUT2D eigenvalue weighted by Crippen LogP contribution is -2.14. The zero-order valence-electron chi connectivity index (χ0n) is 16.5. The molecule has 8 heteroatoms. The lowest BCUT2D eigenvalue weighted by Gasteiger charge is -2.13. The lowest BCUT2D eigenvalue weighted by atomic mass is 10.1. The first-order chi connectivity index (χ1) is 13.2. The summed E-state index contributed by atoms with van der Waals surface area (Å²) >= 11 is 0. The van der Waals surface area contributed by atoms with Gasteiger partial charge in [-0.3, -0.25) is 4.72 Å². The summed E-state index contributed by atoms with van der Waals surface area (Å²) in [5.41, 5.74) is 2.84. The molecule has 1 N–H and O–H groups in total. The van der Waals surface area contributed by atoms with Crippen LogP contribution in [0.15, 0.2) is 45.8 Å². The standard InChI is InChI=1S/C20H23N3O4S/c1-12(2)19-21-20(27-22-19)16-11-15(9-10-18(16)26-5)28(24,25)23-17-8-6-7-13(3)14(17)4/h6-12,23H,1-5H3. The van der Waals surface area contributed by atoms with Crippen molar-refractivity contribution in [2.45, 2.75) is 38.5 Å². The van der Waals surface area contributed by atoms with Gasteiger partial charge < -0.3 is 9.26 Å². The molecule has 0 unspecified atom stereocenters. The van der Waals surface area contributed by atoms with Gasteiger partial charge in [0.05, 0.1) is 23.3 Å². The monoisotopic (exact) mass is 401 g/mol. The molecule has 3 aromatic rings. The molecule has 0 aliphatic rings. The fourth-order valence-electron chi connectivity index (χ4n) is 2.67. The minimum absolute atomic E-state index is 0.0773. The molecule has 2 aromatic carbocycles. The van der Waals surface area contributed by atoms with Gasteiger partial charge in [0.1, 0.15) is 5.75 Å². The van der Waals surface area contributed by atoms with Gasteiger partial charge in [-0.15, -0.1) is 0 Å². The van der Waals surface area contributed by atoms with Crippen molar-refractivity contribution in [2.24, 2.45) is 0 Å². The van der Waals surface area contributed by atoms with Gasteiger partial charge >= 0.3 is 0 Å². The number of nitrogens with one attached hydrogen (secondary N) is 1. The Labute approximate surface area is 164 Å². The van der Waals surface area contributed by atoms with Gasteiger partial charge in [0.15, 0.2) is 5.82 Å². The Kier molecular flexibility index (Phi) is 5.42. The molecule has 0 radical (unpaired) electrons. The zero-order chi connectivity index (χ0) is 20.5. The maximum Gasteiger partial charge on any atom is 0.261 e. The Bertz CT molecular complexity index is 1100. The molecule has 0 aliphatic carbocycles. The molecule has 7 nitrogen and oxygen atoms in total. The predicted molar refractivity (Wildman–Crippen MR) is 107 cm³/mol. The summed E-state index contributed by atoms with van der Waals surface area (Å²) in [6, 6.07) is 10.0. The number of rotatable bonds is 6. The zero-order valence-corrected chi connectivity index (χ0v) is 17.3. The summed E-state index contributed by atoms with van der Waals surface area (Å²) in [5.74, 6) is 1.29. The Morgan fingerprint density at radius 1 is 1.14 bits per heavy atom. The lowest BCUT2D eigenvalue weighted by molar-refractivity contribution is 0.401. The van der Waals surface area contributed by atoms with Crippen molar-refractivity contribution < 1.29 is 17.7 Å². The van der Waals surface area contributed by atoms with Crippen LogP contribution in [0.5, 0.6) is 5.75 Å². The number of aromatic nitrogens is 2. The highest BCUT2D eigenvalue weighted by molar-refractivity contribution is 7.92. The third-order valence-corrected chi connectivity index (χ3v) is 5.88. The van der Waals surface area contributed by atoms with Crippen LogP contribution in [0.1, 0.15) is 36.7 Å². The highest BCUT2D eigenvalue weighted by atomic mass is 32.2. The molecule has 28 heavy (non-hydrogen) atoms. The van der Waals surface area contributed by atoms with Crippen molar-refractivity contribution >= 4 is 15.7 Å². The normalized spacial score (nSPS) is 11.6. The van der Waals surface area contributed by atoms with Crippen LogP contribution in [0, 0.1) is 13.8 Å². The van der Waals surface area contributed by atoms with E-state index in [1.807, 2.05) is 39.8 Å². The van der Waals surface area contributed by atoms with Gasteiger partial charge in [-0.2, -0.15) is 4.98 Å². The molecular formula is C20H23N3O4S. The molecule has 1 aromatic heterocycles. The molecule has 0 atom stereocenters. The van der Waals surface area contributed by atoms with Crippen molar-refractivity contribution in [3.8, 4) is 17.2 Å². The number of anilines is 1. The summed E-state index contributed by atoms with van der Waals surface area (Å²) in [7, 11) is -2.31. The summed E-state index contributed by atoms with van der Waals surface area (Å²) in [6.45, 7) is 7.70. The highest BCUT2D eigenvalue weighted by Crippen LogP contribution is 2.32. The number of aryl methyl sites for hydroxylation is 1. The molecule has 0 saturated carbocycles. The fraction of sp³-hybridized carbons (Fsp3) is 0.300. The summed E-state index contributed by atoms with van der Waals surface area (Å²) in [4.78, 5) is 4.43. The Morgan fingerprint density at radius 2 is 1.89 bits per heavy atom. The molecule has 148 valence electrons. The number of benzene rings is 2. The number of sulfonamides is 1. The van der Waals surface area contributed by atoms with Gasteiger partial charge in [-0.05, 0) is 49.2 Å². The molecule has 0 amide bonds. The molecule has 0 fully saturated rings. The average Bonchev–Trinajstić information content (AvgIpc) is 3.15. The van der Waals surface area contributed by atoms with Crippen molar-refractivity contribution in [3.05, 3.63) is 53.3 Å². The van der Waals surface area contributed by atoms with Crippen molar-refractivity contribution in [1.29, 1.82) is 0 Å². The van der Waals surface area contributed by atoms with Crippen LogP contribution in [0.2, 0.25) is 0 Å². The molecule has 0 aliphatic heterocycles. The topological polar surface area (TPSA) is 94.3 Å². The number of hydrogen-bond acceptors (Lipinski definition) is 6. The second-order valence-electron chi connectivity index (χ2n) is 6.83. The van der Waals surface area contributed by atoms with Crippen molar-refractivity contribution in [1.82, 2.24) is 10.1 Å². The van der Waals surface area contributed by atoms with Gasteiger partial charge in [-0.25, -0.2) is 8.42 Å². The fourth-order valence-corrected chi connectivity index (χ4v) is 3.81. The van der Waals surface area contributed by atoms with E-state index in [-0.39, 0.29) is 16.7 Å². The van der Waals surface area contributed by atoms with Gasteiger partial charge in [-0.1, -0.05) is 31.1 Å². The van der Waals surface area contributed by atoms with Crippen LogP contribution in [-0.2, 0) is 10.0 Å². The van der Waals surface area contributed by atoms with Crippen molar-refractivity contribution in [2.75, 3.05) is 11.8 Å². The minimum atomic E-state index is -3.81. The second-order valence-corrected chi connectivity index (χ2v) is 8.51. The molecule has 0 bridgehead atoms. The number of hydrogen-bond donors (Lipinski definition) is 1. The third kappa shape index (κ3) is 3.87. The number of methoxy groups -OCH3 is 1. The minimum Gasteiger partial charge on any atom is -0.496 e. The maximum atomic E-state index is 12.9. The first-order valence-corrected chi connectivity index (χ1v) is 10.3. The van der Waals surface area contributed by atoms with E-state index in [1.54, 1.807) is 12.1 Å². The molecule has 1 heterocycles. The van der Waals surface area contributed by atoms with Crippen LogP contribution in [0.4, 0.5) is 5.69 Å². The van der Waals surface area contributed by atoms with Crippen LogP contribution in [-0.4, -0.2) is 25.7 Å². The van der Waals surface area contributed by atoms with Crippen LogP contribution < -0.4 is 9.46 Å². The second kappa shape index (κ2) is 7.63. The predicted octanol–water partition coefficient (Wildman–Crippen LogP) is 4.29. The summed E-state index contributed by atoms with van der Waals surface area (Å²) in [6.07, 6.45) is 0. The van der Waals surface area contributed by atoms with E-state index in [0.717, 1.165) is 11.1 Å². The smallest absolute Gasteiger partial charge is 0.261 e.